The summed E-state index contributed by atoms with van der Waals surface area (Å²) >= 11 is 0. The van der Waals surface area contributed by atoms with Gasteiger partial charge in [0.2, 0.25) is 8.32 Å². The molecule has 224 valence electrons. The van der Waals surface area contributed by atoms with Crippen molar-refractivity contribution in [2.75, 3.05) is 6.61 Å². The number of benzene rings is 1. The summed E-state index contributed by atoms with van der Waals surface area (Å²) in [6.07, 6.45) is -0.896. The molecule has 0 saturated heterocycles. The predicted octanol–water partition coefficient (Wildman–Crippen LogP) is 7.34. The zero-order chi connectivity index (χ0) is 30.1. The van der Waals surface area contributed by atoms with Gasteiger partial charge in [-0.25, -0.2) is 14.0 Å². The van der Waals surface area contributed by atoms with Crippen LogP contribution in [0.4, 0.5) is 9.18 Å². The van der Waals surface area contributed by atoms with Crippen molar-refractivity contribution in [3.05, 3.63) is 35.6 Å². The quantitative estimate of drug-likeness (QED) is 0.215. The van der Waals surface area contributed by atoms with Crippen LogP contribution in [0.1, 0.15) is 88.1 Å². The molecular weight excluding hydrogens is 517 g/mol. The summed E-state index contributed by atoms with van der Waals surface area (Å²) in [6, 6.07) is 5.17. The average molecular weight is 570 g/mol. The van der Waals surface area contributed by atoms with E-state index in [0.717, 1.165) is 5.56 Å². The molecule has 9 heteroatoms. The van der Waals surface area contributed by atoms with Gasteiger partial charge in [-0.1, -0.05) is 67.5 Å². The fraction of sp³-hybridized carbons (Fsp3) is 0.733. The van der Waals surface area contributed by atoms with E-state index in [-0.39, 0.29) is 30.9 Å². The maximum atomic E-state index is 13.6. The Kier molecular flexibility index (Phi) is 13.6. The van der Waals surface area contributed by atoms with Gasteiger partial charge >= 0.3 is 12.1 Å². The van der Waals surface area contributed by atoms with E-state index in [2.05, 4.69) is 60.7 Å². The Morgan fingerprint density at radius 2 is 1.46 bits per heavy atom. The maximum absolute atomic E-state index is 13.6. The lowest BCUT2D eigenvalue weighted by atomic mass is 9.96. The topological polar surface area (TPSA) is 94.1 Å². The Labute approximate surface area is 236 Å². The second-order valence-corrected chi connectivity index (χ2v) is 18.1. The van der Waals surface area contributed by atoms with Crippen LogP contribution in [0.15, 0.2) is 24.3 Å². The van der Waals surface area contributed by atoms with Crippen LogP contribution in [0.5, 0.6) is 0 Å². The second kappa shape index (κ2) is 15.1. The molecule has 0 aliphatic carbocycles. The van der Waals surface area contributed by atoms with E-state index >= 15 is 0 Å². The van der Waals surface area contributed by atoms with Crippen molar-refractivity contribution in [1.29, 1.82) is 0 Å². The minimum absolute atomic E-state index is 0.0560. The Morgan fingerprint density at radius 3 is 1.87 bits per heavy atom. The SMILES string of the molecule is CC(C)[C@H](O[Si](C(C)C)(C(C)C)C(C)C)[C@@H](Cc1ccc(F)cc1)OCC[C@H](NC(=O)OC(C)(C)C)C(=O)O. The van der Waals surface area contributed by atoms with E-state index in [1.165, 1.54) is 12.1 Å². The van der Waals surface area contributed by atoms with Crippen LogP contribution >= 0.6 is 0 Å². The zero-order valence-corrected chi connectivity index (χ0v) is 26.8. The molecular formula is C30H52FNO6Si. The fourth-order valence-electron chi connectivity index (χ4n) is 5.45. The largest absolute Gasteiger partial charge is 0.480 e. The van der Waals surface area contributed by atoms with Gasteiger partial charge in [-0.3, -0.25) is 0 Å². The first-order valence-corrected chi connectivity index (χ1v) is 16.3. The first-order valence-electron chi connectivity index (χ1n) is 14.2. The standard InChI is InChI=1S/C30H52FNO6Si/c1-19(2)27(38-39(20(3)4,21(5)6)22(7)8)26(18-23-12-14-24(31)15-13-23)36-17-16-25(28(33)34)32-29(35)37-30(9,10)11/h12-15,19-22,25-27H,16-18H2,1-11H3,(H,32,35)(H,33,34)/t25-,26+,27-/m0/s1. The molecule has 3 atom stereocenters. The van der Waals surface area contributed by atoms with Crippen LogP contribution in [0.2, 0.25) is 16.6 Å². The van der Waals surface area contributed by atoms with Crippen LogP contribution in [0.3, 0.4) is 0 Å². The van der Waals surface area contributed by atoms with Gasteiger partial charge in [-0.15, -0.1) is 0 Å². The summed E-state index contributed by atoms with van der Waals surface area (Å²) < 4.78 is 32.4. The van der Waals surface area contributed by atoms with Gasteiger partial charge in [0.1, 0.15) is 17.5 Å². The fourth-order valence-corrected chi connectivity index (χ4v) is 11.2. The van der Waals surface area contributed by atoms with E-state index in [1.54, 1.807) is 32.9 Å². The maximum Gasteiger partial charge on any atom is 0.408 e. The van der Waals surface area contributed by atoms with Gasteiger partial charge in [0.05, 0.1) is 12.2 Å². The van der Waals surface area contributed by atoms with E-state index in [9.17, 15) is 19.1 Å². The Bertz CT molecular complexity index is 876. The van der Waals surface area contributed by atoms with Gasteiger partial charge in [0.15, 0.2) is 0 Å². The third kappa shape index (κ3) is 10.8. The molecule has 0 heterocycles. The van der Waals surface area contributed by atoms with Crippen molar-refractivity contribution in [2.24, 2.45) is 5.92 Å². The van der Waals surface area contributed by atoms with E-state index < -0.39 is 38.1 Å². The van der Waals surface area contributed by atoms with Crippen molar-refractivity contribution in [1.82, 2.24) is 5.32 Å². The molecule has 0 spiro atoms. The summed E-state index contributed by atoms with van der Waals surface area (Å²) in [5, 5.41) is 12.1. The third-order valence-electron chi connectivity index (χ3n) is 7.15. The monoisotopic (exact) mass is 569 g/mol. The predicted molar refractivity (Wildman–Crippen MR) is 156 cm³/mol. The molecule has 7 nitrogen and oxygen atoms in total. The molecule has 0 fully saturated rings. The highest BCUT2D eigenvalue weighted by Crippen LogP contribution is 2.44. The van der Waals surface area contributed by atoms with Gasteiger partial charge in [0.25, 0.3) is 0 Å². The lowest BCUT2D eigenvalue weighted by molar-refractivity contribution is -0.140. The number of ether oxygens (including phenoxy) is 2. The first-order chi connectivity index (χ1) is 17.9. The number of carbonyl (C=O) groups is 2. The summed E-state index contributed by atoms with van der Waals surface area (Å²) in [6.45, 7) is 22.9. The van der Waals surface area contributed by atoms with Crippen LogP contribution in [-0.4, -0.2) is 55.9 Å². The van der Waals surface area contributed by atoms with Gasteiger partial charge in [0, 0.05) is 19.4 Å². The molecule has 0 radical (unpaired) electrons. The van der Waals surface area contributed by atoms with Gasteiger partial charge in [-0.05, 0) is 61.0 Å². The summed E-state index contributed by atoms with van der Waals surface area (Å²) in [5.74, 6) is -1.35. The number of hydrogen-bond acceptors (Lipinski definition) is 5. The van der Waals surface area contributed by atoms with E-state index in [1.807, 2.05) is 0 Å². The Hall–Kier alpha value is -1.97. The number of amides is 1. The van der Waals surface area contributed by atoms with Crippen molar-refractivity contribution in [3.8, 4) is 0 Å². The number of carbonyl (C=O) groups excluding carboxylic acids is 1. The van der Waals surface area contributed by atoms with E-state index in [4.69, 9.17) is 13.9 Å². The Morgan fingerprint density at radius 1 is 0.949 bits per heavy atom. The number of alkyl carbamates (subject to hydrolysis) is 1. The molecule has 0 bridgehead atoms. The molecule has 39 heavy (non-hydrogen) atoms. The number of hydrogen-bond donors (Lipinski definition) is 2. The number of carboxylic acid groups (broad SMARTS) is 1. The molecule has 0 aliphatic heterocycles. The van der Waals surface area contributed by atoms with Gasteiger partial charge in [-0.2, -0.15) is 0 Å². The lowest BCUT2D eigenvalue weighted by Gasteiger charge is -2.47. The average Bonchev–Trinajstić information content (AvgIpc) is 2.77. The third-order valence-corrected chi connectivity index (χ3v) is 13.2. The highest BCUT2D eigenvalue weighted by atomic mass is 28.4. The normalized spacial score (nSPS) is 15.1. The van der Waals surface area contributed by atoms with Crippen LogP contribution < -0.4 is 5.32 Å². The van der Waals surface area contributed by atoms with Crippen molar-refractivity contribution >= 4 is 20.4 Å². The minimum atomic E-state index is -2.27. The van der Waals surface area contributed by atoms with Crippen molar-refractivity contribution in [2.45, 2.75) is 129 Å². The molecule has 0 aromatic heterocycles. The molecule has 1 amide bonds. The van der Waals surface area contributed by atoms with Crippen molar-refractivity contribution in [3.63, 3.8) is 0 Å². The number of nitrogens with one attached hydrogen (secondary N) is 1. The molecule has 1 aromatic carbocycles. The molecule has 1 aromatic rings. The number of carboxylic acids is 1. The van der Waals surface area contributed by atoms with Crippen LogP contribution in [-0.2, 0) is 25.1 Å². The minimum Gasteiger partial charge on any atom is -0.480 e. The van der Waals surface area contributed by atoms with Crippen LogP contribution in [0, 0.1) is 11.7 Å². The molecule has 0 aliphatic rings. The van der Waals surface area contributed by atoms with Crippen molar-refractivity contribution < 1.29 is 33.0 Å². The molecule has 2 N–H and O–H groups in total. The summed E-state index contributed by atoms with van der Waals surface area (Å²) in [5.41, 5.74) is 1.29. The highest BCUT2D eigenvalue weighted by Gasteiger charge is 2.48. The van der Waals surface area contributed by atoms with Gasteiger partial charge < -0.3 is 24.3 Å². The Balaban J connectivity index is 3.25. The molecule has 0 saturated carbocycles. The number of aliphatic carboxylic acids is 1. The first kappa shape index (κ1) is 35.1. The number of halogens is 1. The molecule has 0 unspecified atom stereocenters. The van der Waals surface area contributed by atoms with E-state index in [0.29, 0.717) is 23.0 Å². The second-order valence-electron chi connectivity index (χ2n) is 12.7. The van der Waals surface area contributed by atoms with Crippen LogP contribution in [0.25, 0.3) is 0 Å². The zero-order valence-electron chi connectivity index (χ0n) is 25.8. The lowest BCUT2D eigenvalue weighted by Crippen LogP contribution is -2.54. The number of rotatable bonds is 15. The smallest absolute Gasteiger partial charge is 0.408 e. The highest BCUT2D eigenvalue weighted by molar-refractivity contribution is 6.77. The summed E-state index contributed by atoms with van der Waals surface area (Å²) in [7, 11) is -2.27. The summed E-state index contributed by atoms with van der Waals surface area (Å²) in [4.78, 5) is 24.1. The molecule has 1 rings (SSSR count).